The van der Waals surface area contributed by atoms with Crippen LogP contribution in [0.2, 0.25) is 0 Å². The van der Waals surface area contributed by atoms with E-state index in [2.05, 4.69) is 175 Å². The molecule has 0 saturated carbocycles. The van der Waals surface area contributed by atoms with Crippen molar-refractivity contribution in [3.63, 3.8) is 0 Å². The molecule has 0 aromatic heterocycles. The van der Waals surface area contributed by atoms with Gasteiger partial charge in [-0.25, -0.2) is 0 Å². The SMILES string of the molecule is CC(C)(C)CC(C)(C)c1ccc(C(C)(OP(O)F)c2ccc(C(C)(C)CC(C)(C)C)cc2C(C)(C)CC(C)(C)C)c(C(C)(C)CC(C)(C)C)c1. The summed E-state index contributed by atoms with van der Waals surface area (Å²) in [6.07, 6.45) is 3.90. The lowest BCUT2D eigenvalue weighted by atomic mass is 9.64. The Morgan fingerprint density at radius 3 is 0.940 bits per heavy atom. The van der Waals surface area contributed by atoms with Gasteiger partial charge >= 0.3 is 8.69 Å². The summed E-state index contributed by atoms with van der Waals surface area (Å²) in [7, 11) is -3.18. The predicted molar refractivity (Wildman–Crippen MR) is 219 cm³/mol. The lowest BCUT2D eigenvalue weighted by Gasteiger charge is -2.44. The Balaban J connectivity index is 3.17. The van der Waals surface area contributed by atoms with Crippen LogP contribution in [0.5, 0.6) is 0 Å². The molecule has 286 valence electrons. The van der Waals surface area contributed by atoms with Gasteiger partial charge in [0.05, 0.1) is 0 Å². The Morgan fingerprint density at radius 1 is 0.440 bits per heavy atom. The van der Waals surface area contributed by atoms with Crippen LogP contribution in [-0.4, -0.2) is 4.89 Å². The van der Waals surface area contributed by atoms with E-state index < -0.39 is 14.3 Å². The molecular weight excluding hydrogens is 634 g/mol. The molecule has 2 nitrogen and oxygen atoms in total. The molecule has 0 aliphatic carbocycles. The highest BCUT2D eigenvalue weighted by Crippen LogP contribution is 2.54. The maximum atomic E-state index is 15.3. The summed E-state index contributed by atoms with van der Waals surface area (Å²) in [6, 6.07) is 13.6. The van der Waals surface area contributed by atoms with E-state index in [1.165, 1.54) is 11.1 Å². The summed E-state index contributed by atoms with van der Waals surface area (Å²) in [5.41, 5.74) is 5.18. The van der Waals surface area contributed by atoms with E-state index in [-0.39, 0.29) is 43.3 Å². The normalized spacial score (nSPS) is 15.4. The molecule has 0 aliphatic rings. The zero-order valence-electron chi connectivity index (χ0n) is 36.5. The van der Waals surface area contributed by atoms with E-state index >= 15 is 4.20 Å². The van der Waals surface area contributed by atoms with Crippen molar-refractivity contribution in [3.05, 3.63) is 69.8 Å². The van der Waals surface area contributed by atoms with Gasteiger partial charge in [0.15, 0.2) is 0 Å². The third-order valence-corrected chi connectivity index (χ3v) is 10.8. The van der Waals surface area contributed by atoms with Gasteiger partial charge in [-0.15, -0.1) is 0 Å². The molecule has 0 aliphatic heterocycles. The Bertz CT molecular complexity index is 1350. The van der Waals surface area contributed by atoms with Gasteiger partial charge in [-0.05, 0) is 109 Å². The second kappa shape index (κ2) is 14.5. The molecule has 1 atom stereocenters. The third-order valence-electron chi connectivity index (χ3n) is 10.2. The molecule has 0 radical (unpaired) electrons. The molecule has 1 N–H and O–H groups in total. The van der Waals surface area contributed by atoms with Crippen molar-refractivity contribution in [2.75, 3.05) is 0 Å². The monoisotopic (exact) mass is 713 g/mol. The average molecular weight is 713 g/mol. The molecule has 2 aromatic carbocycles. The fourth-order valence-electron chi connectivity index (χ4n) is 9.97. The summed E-state index contributed by atoms with van der Waals surface area (Å²) < 4.78 is 21.6. The fraction of sp³-hybridized carbons (Fsp3) is 0.739. The number of hydrogen-bond donors (Lipinski definition) is 1. The van der Waals surface area contributed by atoms with Gasteiger partial charge in [0, 0.05) is 0 Å². The van der Waals surface area contributed by atoms with Crippen molar-refractivity contribution in [1.29, 1.82) is 0 Å². The molecule has 0 saturated heterocycles. The van der Waals surface area contributed by atoms with E-state index in [4.69, 9.17) is 4.52 Å². The zero-order chi connectivity index (χ0) is 39.3. The lowest BCUT2D eigenvalue weighted by Crippen LogP contribution is -2.37. The van der Waals surface area contributed by atoms with Crippen LogP contribution < -0.4 is 0 Å². The summed E-state index contributed by atoms with van der Waals surface area (Å²) >= 11 is 0. The molecule has 4 heteroatoms. The summed E-state index contributed by atoms with van der Waals surface area (Å²) in [4.78, 5) is 10.6. The van der Waals surface area contributed by atoms with Crippen molar-refractivity contribution in [3.8, 4) is 0 Å². The maximum Gasteiger partial charge on any atom is 0.373 e. The summed E-state index contributed by atoms with van der Waals surface area (Å²) in [5, 5.41) is 0. The first-order valence-electron chi connectivity index (χ1n) is 19.1. The minimum absolute atomic E-state index is 0.0544. The van der Waals surface area contributed by atoms with Gasteiger partial charge in [-0.1, -0.05) is 175 Å². The predicted octanol–water partition coefficient (Wildman–Crippen LogP) is 15.0. The van der Waals surface area contributed by atoms with E-state index in [0.29, 0.717) is 0 Å². The smallest absolute Gasteiger partial charge is 0.325 e. The highest BCUT2D eigenvalue weighted by Gasteiger charge is 2.44. The van der Waals surface area contributed by atoms with Crippen LogP contribution in [-0.2, 0) is 31.8 Å². The lowest BCUT2D eigenvalue weighted by molar-refractivity contribution is 0.114. The van der Waals surface area contributed by atoms with Crippen LogP contribution in [0.4, 0.5) is 4.20 Å². The molecule has 0 fully saturated rings. The first-order chi connectivity index (χ1) is 21.9. The van der Waals surface area contributed by atoms with Crippen molar-refractivity contribution >= 4 is 8.69 Å². The van der Waals surface area contributed by atoms with E-state index in [0.717, 1.165) is 47.9 Å². The molecular formula is C46H78FO2P. The third kappa shape index (κ3) is 12.1. The molecule has 0 spiro atoms. The van der Waals surface area contributed by atoms with E-state index in [1.807, 2.05) is 6.92 Å². The summed E-state index contributed by atoms with van der Waals surface area (Å²) in [6.45, 7) is 48.2. The highest BCUT2D eigenvalue weighted by molar-refractivity contribution is 7.40. The van der Waals surface area contributed by atoms with Crippen LogP contribution in [0.3, 0.4) is 0 Å². The van der Waals surface area contributed by atoms with Crippen molar-refractivity contribution in [2.45, 2.75) is 198 Å². The van der Waals surface area contributed by atoms with E-state index in [9.17, 15) is 4.89 Å². The largest absolute Gasteiger partial charge is 0.373 e. The topological polar surface area (TPSA) is 29.5 Å². The van der Waals surface area contributed by atoms with Crippen LogP contribution >= 0.6 is 8.69 Å². The maximum absolute atomic E-state index is 15.3. The minimum Gasteiger partial charge on any atom is -0.325 e. The van der Waals surface area contributed by atoms with Gasteiger partial charge in [0.1, 0.15) is 5.60 Å². The quantitative estimate of drug-likeness (QED) is 0.222. The van der Waals surface area contributed by atoms with Crippen molar-refractivity contribution in [2.24, 2.45) is 21.7 Å². The molecule has 1 unspecified atom stereocenters. The first kappa shape index (κ1) is 44.9. The number of hydrogen-bond acceptors (Lipinski definition) is 2. The Labute approximate surface area is 311 Å². The number of benzene rings is 2. The van der Waals surface area contributed by atoms with Crippen LogP contribution in [0.25, 0.3) is 0 Å². The summed E-state index contributed by atoms with van der Waals surface area (Å²) in [5.74, 6) is 0. The van der Waals surface area contributed by atoms with Crippen LogP contribution in [0.1, 0.15) is 204 Å². The highest BCUT2D eigenvalue weighted by atomic mass is 31.2. The van der Waals surface area contributed by atoms with Gasteiger partial charge in [0.2, 0.25) is 0 Å². The van der Waals surface area contributed by atoms with Gasteiger partial charge in [0.25, 0.3) is 0 Å². The van der Waals surface area contributed by atoms with Gasteiger partial charge in [-0.2, -0.15) is 4.20 Å². The number of halogens is 1. The van der Waals surface area contributed by atoms with Gasteiger partial charge in [-0.3, -0.25) is 4.52 Å². The minimum atomic E-state index is -3.18. The first-order valence-corrected chi connectivity index (χ1v) is 20.2. The van der Waals surface area contributed by atoms with Crippen molar-refractivity contribution < 1.29 is 13.6 Å². The number of rotatable bonds is 12. The van der Waals surface area contributed by atoms with E-state index in [1.54, 1.807) is 0 Å². The average Bonchev–Trinajstić information content (AvgIpc) is 2.82. The Kier molecular flexibility index (Phi) is 13.0. The van der Waals surface area contributed by atoms with Crippen LogP contribution in [0, 0.1) is 21.7 Å². The molecule has 0 bridgehead atoms. The molecule has 50 heavy (non-hydrogen) atoms. The Hall–Kier alpha value is -1.28. The fourth-order valence-corrected chi connectivity index (χ4v) is 10.5. The second-order valence-electron chi connectivity index (χ2n) is 23.4. The zero-order valence-corrected chi connectivity index (χ0v) is 37.4. The molecule has 2 aromatic rings. The Morgan fingerprint density at radius 2 is 0.700 bits per heavy atom. The standard InChI is InChI=1S/C46H78FO2P/c1-38(2,3)28-42(13,14)32-22-24-34(36(26-32)44(17,18)30-40(7,8)9)46(21,49-50(47)48)35-25-23-33(43(15,16)29-39(4,5)6)27-37(35)45(19,20)31-41(10,11)12/h22-27,48H,28-31H2,1-21H3. The molecule has 0 amide bonds. The molecule has 0 heterocycles. The van der Waals surface area contributed by atoms with Crippen LogP contribution in [0.15, 0.2) is 36.4 Å². The second-order valence-corrected chi connectivity index (χ2v) is 24.0. The van der Waals surface area contributed by atoms with Gasteiger partial charge < -0.3 is 4.89 Å². The molecule has 2 rings (SSSR count). The van der Waals surface area contributed by atoms with Crippen molar-refractivity contribution in [1.82, 2.24) is 0 Å².